The zero-order valence-corrected chi connectivity index (χ0v) is 19.2. The Bertz CT molecular complexity index is 1330. The van der Waals surface area contributed by atoms with Crippen LogP contribution in [0.1, 0.15) is 32.6 Å². The van der Waals surface area contributed by atoms with E-state index in [-0.39, 0.29) is 16.5 Å². The van der Waals surface area contributed by atoms with Crippen LogP contribution >= 0.6 is 11.8 Å². The number of nitrogens with one attached hydrogen (secondary N) is 3. The summed E-state index contributed by atoms with van der Waals surface area (Å²) in [5.74, 6) is -0.647. The number of aromatic amines is 1. The first-order valence-corrected chi connectivity index (χ1v) is 12.0. The second kappa shape index (κ2) is 8.60. The number of fused-ring (bicyclic) bond motifs is 1. The first kappa shape index (κ1) is 22.1. The number of nitrogens with zero attached hydrogens (tertiary/aromatic N) is 4. The van der Waals surface area contributed by atoms with Gasteiger partial charge in [0.25, 0.3) is 11.5 Å². The van der Waals surface area contributed by atoms with Crippen LogP contribution in [-0.4, -0.2) is 53.9 Å². The van der Waals surface area contributed by atoms with Gasteiger partial charge in [-0.15, -0.1) is 0 Å². The summed E-state index contributed by atoms with van der Waals surface area (Å²) in [6, 6.07) is 8.63. The number of hydrazine groups is 1. The monoisotopic (exact) mass is 481 g/mol. The molecule has 3 N–H and O–H groups in total. The van der Waals surface area contributed by atoms with E-state index >= 15 is 0 Å². The fraction of sp³-hybridized carbons (Fsp3) is 0.364. The van der Waals surface area contributed by atoms with Crippen molar-refractivity contribution in [3.05, 3.63) is 46.9 Å². The van der Waals surface area contributed by atoms with E-state index in [1.807, 2.05) is 30.3 Å². The second-order valence-corrected chi connectivity index (χ2v) is 9.62. The molecule has 5 rings (SSSR count). The molecule has 1 aliphatic heterocycles. The van der Waals surface area contributed by atoms with Crippen LogP contribution in [0, 0.1) is 5.92 Å². The quantitative estimate of drug-likeness (QED) is 0.286. The van der Waals surface area contributed by atoms with Crippen LogP contribution in [-0.2, 0) is 9.59 Å². The molecule has 0 radical (unpaired) electrons. The van der Waals surface area contributed by atoms with E-state index in [9.17, 15) is 19.2 Å². The SMILES string of the molecule is CC1CCC2(CC1)NC(=O)N(NC(=O)CSc1nc3c(cnn3-c3ccccc3)c(=O)[nH]1)C2=O. The molecule has 2 aromatic heterocycles. The number of benzene rings is 1. The van der Waals surface area contributed by atoms with Crippen molar-refractivity contribution in [2.24, 2.45) is 5.92 Å². The number of urea groups is 1. The van der Waals surface area contributed by atoms with Gasteiger partial charge in [0.05, 0.1) is 17.6 Å². The molecule has 1 aliphatic carbocycles. The highest BCUT2D eigenvalue weighted by Gasteiger charge is 2.52. The molecule has 1 aromatic carbocycles. The minimum atomic E-state index is -0.933. The Morgan fingerprint density at radius 1 is 1.21 bits per heavy atom. The number of para-hydroxylation sites is 1. The highest BCUT2D eigenvalue weighted by atomic mass is 32.2. The van der Waals surface area contributed by atoms with Gasteiger partial charge in [-0.2, -0.15) is 10.1 Å². The highest BCUT2D eigenvalue weighted by Crippen LogP contribution is 2.35. The predicted octanol–water partition coefficient (Wildman–Crippen LogP) is 1.73. The summed E-state index contributed by atoms with van der Waals surface area (Å²) >= 11 is 0.989. The van der Waals surface area contributed by atoms with Crippen LogP contribution in [0.3, 0.4) is 0 Å². The first-order valence-electron chi connectivity index (χ1n) is 11.0. The Morgan fingerprint density at radius 2 is 1.94 bits per heavy atom. The van der Waals surface area contributed by atoms with Gasteiger partial charge in [0, 0.05) is 0 Å². The molecule has 3 aromatic rings. The normalized spacial score (nSPS) is 22.4. The molecule has 1 saturated heterocycles. The van der Waals surface area contributed by atoms with Crippen molar-refractivity contribution < 1.29 is 14.4 Å². The van der Waals surface area contributed by atoms with E-state index in [2.05, 4.69) is 32.7 Å². The Labute approximate surface area is 198 Å². The Balaban J connectivity index is 1.28. The Kier molecular flexibility index (Phi) is 5.60. The standard InChI is InChI=1S/C22H23N7O4S/c1-13-7-9-22(10-8-13)19(32)29(21(33)26-22)27-16(30)12-34-20-24-17-15(18(31)25-20)11-23-28(17)14-5-3-2-4-6-14/h2-6,11,13H,7-10,12H2,1H3,(H,26,33)(H,27,30)(H,24,25,31). The van der Waals surface area contributed by atoms with Crippen LogP contribution in [0.2, 0.25) is 0 Å². The summed E-state index contributed by atoms with van der Waals surface area (Å²) in [7, 11) is 0. The minimum absolute atomic E-state index is 0.158. The third-order valence-electron chi connectivity index (χ3n) is 6.28. The minimum Gasteiger partial charge on any atom is -0.322 e. The lowest BCUT2D eigenvalue weighted by Gasteiger charge is -2.33. The summed E-state index contributed by atoms with van der Waals surface area (Å²) in [5.41, 5.74) is 2.19. The predicted molar refractivity (Wildman–Crippen MR) is 124 cm³/mol. The number of amides is 4. The lowest BCUT2D eigenvalue weighted by atomic mass is 9.77. The Morgan fingerprint density at radius 3 is 2.68 bits per heavy atom. The van der Waals surface area contributed by atoms with Crippen molar-refractivity contribution >= 4 is 40.6 Å². The molecule has 0 bridgehead atoms. The molecule has 4 amide bonds. The maximum absolute atomic E-state index is 12.9. The van der Waals surface area contributed by atoms with Crippen LogP contribution in [0.4, 0.5) is 4.79 Å². The fourth-order valence-corrected chi connectivity index (χ4v) is 4.98. The molecule has 0 unspecified atom stereocenters. The first-order chi connectivity index (χ1) is 16.4. The van der Waals surface area contributed by atoms with Gasteiger partial charge in [0.1, 0.15) is 10.9 Å². The van der Waals surface area contributed by atoms with E-state index < -0.39 is 23.4 Å². The van der Waals surface area contributed by atoms with Crippen LogP contribution in [0.25, 0.3) is 16.7 Å². The van der Waals surface area contributed by atoms with Crippen LogP contribution in [0.5, 0.6) is 0 Å². The zero-order chi connectivity index (χ0) is 23.9. The highest BCUT2D eigenvalue weighted by molar-refractivity contribution is 7.99. The molecule has 2 fully saturated rings. The average Bonchev–Trinajstić information content (AvgIpc) is 3.36. The van der Waals surface area contributed by atoms with Gasteiger partial charge in [-0.25, -0.2) is 14.5 Å². The lowest BCUT2D eigenvalue weighted by Crippen LogP contribution is -2.51. The fourth-order valence-electron chi connectivity index (χ4n) is 4.33. The number of thioether (sulfide) groups is 1. The van der Waals surface area contributed by atoms with E-state index in [1.54, 1.807) is 4.68 Å². The third kappa shape index (κ3) is 3.94. The van der Waals surface area contributed by atoms with Gasteiger partial charge in [-0.05, 0) is 43.7 Å². The molecule has 1 spiro atoms. The molecule has 1 saturated carbocycles. The largest absolute Gasteiger partial charge is 0.344 e. The van der Waals surface area contributed by atoms with Crippen molar-refractivity contribution in [1.82, 2.24) is 35.5 Å². The third-order valence-corrected chi connectivity index (χ3v) is 7.16. The van der Waals surface area contributed by atoms with Gasteiger partial charge in [-0.1, -0.05) is 36.9 Å². The van der Waals surface area contributed by atoms with Crippen LogP contribution in [0.15, 0.2) is 46.5 Å². The van der Waals surface area contributed by atoms with Gasteiger partial charge in [-0.3, -0.25) is 19.8 Å². The molecule has 0 atom stereocenters. The summed E-state index contributed by atoms with van der Waals surface area (Å²) in [6.07, 6.45) is 4.23. The number of H-pyrrole nitrogens is 1. The van der Waals surface area contributed by atoms with Gasteiger partial charge in [0.15, 0.2) is 10.8 Å². The smallest absolute Gasteiger partial charge is 0.322 e. The van der Waals surface area contributed by atoms with Gasteiger partial charge >= 0.3 is 6.03 Å². The zero-order valence-electron chi connectivity index (χ0n) is 18.4. The van der Waals surface area contributed by atoms with Crippen molar-refractivity contribution in [3.63, 3.8) is 0 Å². The second-order valence-electron chi connectivity index (χ2n) is 8.66. The number of aromatic nitrogens is 4. The van der Waals surface area contributed by atoms with Gasteiger partial charge in [0.2, 0.25) is 5.91 Å². The number of imide groups is 1. The molecular weight excluding hydrogens is 458 g/mol. The Hall–Kier alpha value is -3.67. The average molecular weight is 482 g/mol. The maximum Gasteiger partial charge on any atom is 0.344 e. The van der Waals surface area contributed by atoms with E-state index in [1.165, 1.54) is 6.20 Å². The van der Waals surface area contributed by atoms with Gasteiger partial charge < -0.3 is 10.3 Å². The summed E-state index contributed by atoms with van der Waals surface area (Å²) < 4.78 is 1.55. The molecule has 176 valence electrons. The number of carbonyl (C=O) groups is 3. The summed E-state index contributed by atoms with van der Waals surface area (Å²) in [4.78, 5) is 57.4. The summed E-state index contributed by atoms with van der Waals surface area (Å²) in [5, 5.41) is 8.32. The van der Waals surface area contributed by atoms with Crippen molar-refractivity contribution in [1.29, 1.82) is 0 Å². The number of hydrogen-bond acceptors (Lipinski definition) is 7. The van der Waals surface area contributed by atoms with E-state index in [0.29, 0.717) is 29.8 Å². The number of rotatable bonds is 5. The molecule has 12 heteroatoms. The molecular formula is C22H23N7O4S. The van der Waals surface area contributed by atoms with Crippen molar-refractivity contribution in [2.45, 2.75) is 43.3 Å². The molecule has 34 heavy (non-hydrogen) atoms. The van der Waals surface area contributed by atoms with E-state index in [0.717, 1.165) is 35.3 Å². The number of hydrogen-bond donors (Lipinski definition) is 3. The molecule has 3 heterocycles. The molecule has 2 aliphatic rings. The van der Waals surface area contributed by atoms with Crippen molar-refractivity contribution in [3.8, 4) is 5.69 Å². The topological polar surface area (TPSA) is 142 Å². The molecule has 11 nitrogen and oxygen atoms in total. The lowest BCUT2D eigenvalue weighted by molar-refractivity contribution is -0.139. The van der Waals surface area contributed by atoms with E-state index in [4.69, 9.17) is 0 Å². The number of carbonyl (C=O) groups excluding carboxylic acids is 3. The van der Waals surface area contributed by atoms with Crippen molar-refractivity contribution in [2.75, 3.05) is 5.75 Å². The van der Waals surface area contributed by atoms with Crippen LogP contribution < -0.4 is 16.3 Å². The maximum atomic E-state index is 12.9. The summed E-state index contributed by atoms with van der Waals surface area (Å²) in [6.45, 7) is 2.12.